The minimum atomic E-state index is -0.317. The molecule has 0 spiro atoms. The normalized spacial score (nSPS) is 9.88. The van der Waals surface area contributed by atoms with Crippen molar-refractivity contribution in [3.05, 3.63) is 54.1 Å². The summed E-state index contributed by atoms with van der Waals surface area (Å²) in [6.07, 6.45) is 1.93. The molecule has 0 aliphatic carbocycles. The zero-order chi connectivity index (χ0) is 18.9. The Morgan fingerprint density at radius 3 is 2.54 bits per heavy atom. The van der Waals surface area contributed by atoms with Crippen molar-refractivity contribution in [1.82, 2.24) is 4.90 Å². The second-order valence-electron chi connectivity index (χ2n) is 5.42. The van der Waals surface area contributed by atoms with Crippen LogP contribution in [0.3, 0.4) is 0 Å². The predicted molar refractivity (Wildman–Crippen MR) is 101 cm³/mol. The Bertz CT molecular complexity index is 816. The summed E-state index contributed by atoms with van der Waals surface area (Å²) in [6, 6.07) is 16.0. The van der Waals surface area contributed by atoms with Gasteiger partial charge in [-0.25, -0.2) is 0 Å². The van der Waals surface area contributed by atoms with Gasteiger partial charge in [-0.05, 0) is 42.7 Å². The molecule has 2 amide bonds. The molecule has 134 valence electrons. The lowest BCUT2D eigenvalue weighted by Crippen LogP contribution is -2.37. The van der Waals surface area contributed by atoms with Crippen molar-refractivity contribution in [1.29, 1.82) is 5.26 Å². The van der Waals surface area contributed by atoms with Crippen molar-refractivity contribution in [3.8, 4) is 11.8 Å². The number of carbonyl (C=O) groups is 2. The van der Waals surface area contributed by atoms with E-state index in [9.17, 15) is 9.59 Å². The average Bonchev–Trinajstić information content (AvgIpc) is 2.66. The van der Waals surface area contributed by atoms with Crippen LogP contribution in [-0.2, 0) is 9.59 Å². The Morgan fingerprint density at radius 1 is 1.19 bits per heavy atom. The quantitative estimate of drug-likeness (QED) is 0.759. The first kappa shape index (κ1) is 19.3. The SMILES string of the molecule is CSc1ccccc1NC(=O)CN(C)C(=O)COc1ccc(C#N)cc1. The highest BCUT2D eigenvalue weighted by atomic mass is 32.2. The molecule has 2 aromatic carbocycles. The molecule has 0 bridgehead atoms. The number of nitriles is 1. The molecular weight excluding hydrogens is 350 g/mol. The van der Waals surface area contributed by atoms with Gasteiger partial charge in [0.05, 0.1) is 23.9 Å². The standard InChI is InChI=1S/C19H19N3O3S/c1-22(12-18(23)21-16-5-3-4-6-17(16)26-2)19(24)13-25-15-9-7-14(11-20)8-10-15/h3-10H,12-13H2,1-2H3,(H,21,23). The van der Waals surface area contributed by atoms with E-state index in [0.29, 0.717) is 11.3 Å². The monoisotopic (exact) mass is 369 g/mol. The summed E-state index contributed by atoms with van der Waals surface area (Å²) >= 11 is 1.54. The van der Waals surface area contributed by atoms with E-state index in [1.54, 1.807) is 31.3 Å². The second kappa shape index (κ2) is 9.49. The molecule has 1 N–H and O–H groups in total. The van der Waals surface area contributed by atoms with E-state index in [4.69, 9.17) is 10.00 Å². The van der Waals surface area contributed by atoms with Gasteiger partial charge >= 0.3 is 0 Å². The molecule has 0 atom stereocenters. The Balaban J connectivity index is 1.83. The predicted octanol–water partition coefficient (Wildman–Crippen LogP) is 2.76. The van der Waals surface area contributed by atoms with E-state index in [1.807, 2.05) is 36.6 Å². The van der Waals surface area contributed by atoms with E-state index in [0.717, 1.165) is 10.6 Å². The van der Waals surface area contributed by atoms with Gasteiger partial charge in [0.25, 0.3) is 5.91 Å². The lowest BCUT2D eigenvalue weighted by molar-refractivity contribution is -0.135. The number of nitrogens with one attached hydrogen (secondary N) is 1. The molecule has 0 saturated heterocycles. The van der Waals surface area contributed by atoms with Crippen LogP contribution in [0.25, 0.3) is 0 Å². The lowest BCUT2D eigenvalue weighted by Gasteiger charge is -2.17. The van der Waals surface area contributed by atoms with Crippen molar-refractivity contribution in [2.24, 2.45) is 0 Å². The number of para-hydroxylation sites is 1. The molecule has 0 aliphatic rings. The summed E-state index contributed by atoms with van der Waals surface area (Å²) < 4.78 is 5.39. The molecule has 0 fully saturated rings. The summed E-state index contributed by atoms with van der Waals surface area (Å²) in [7, 11) is 1.55. The van der Waals surface area contributed by atoms with Crippen molar-refractivity contribution in [2.45, 2.75) is 4.90 Å². The maximum absolute atomic E-state index is 12.2. The summed E-state index contributed by atoms with van der Waals surface area (Å²) in [4.78, 5) is 26.5. The number of nitrogens with zero attached hydrogens (tertiary/aromatic N) is 2. The first-order chi connectivity index (χ1) is 12.5. The third-order valence-electron chi connectivity index (χ3n) is 3.53. The first-order valence-corrected chi connectivity index (χ1v) is 9.05. The number of thioether (sulfide) groups is 1. The number of carbonyl (C=O) groups excluding carboxylic acids is 2. The number of anilines is 1. The van der Waals surface area contributed by atoms with Crippen LogP contribution in [0.15, 0.2) is 53.4 Å². The molecule has 2 rings (SSSR count). The lowest BCUT2D eigenvalue weighted by atomic mass is 10.2. The van der Waals surface area contributed by atoms with Crippen molar-refractivity contribution >= 4 is 29.3 Å². The van der Waals surface area contributed by atoms with Crippen LogP contribution in [0.5, 0.6) is 5.75 Å². The van der Waals surface area contributed by atoms with E-state index in [1.165, 1.54) is 16.7 Å². The zero-order valence-electron chi connectivity index (χ0n) is 14.6. The summed E-state index contributed by atoms with van der Waals surface area (Å²) in [5.41, 5.74) is 1.24. The zero-order valence-corrected chi connectivity index (χ0v) is 15.4. The van der Waals surface area contributed by atoms with Crippen LogP contribution in [0.1, 0.15) is 5.56 Å². The van der Waals surface area contributed by atoms with Gasteiger partial charge in [-0.3, -0.25) is 9.59 Å². The number of benzene rings is 2. The van der Waals surface area contributed by atoms with Crippen LogP contribution in [-0.4, -0.2) is 43.2 Å². The maximum atomic E-state index is 12.2. The van der Waals surface area contributed by atoms with Gasteiger partial charge in [0, 0.05) is 11.9 Å². The molecule has 0 saturated carbocycles. The van der Waals surface area contributed by atoms with E-state index in [-0.39, 0.29) is 25.0 Å². The van der Waals surface area contributed by atoms with Gasteiger partial charge in [0.2, 0.25) is 5.91 Å². The Kier molecular flexibility index (Phi) is 7.06. The number of hydrogen-bond acceptors (Lipinski definition) is 5. The fourth-order valence-electron chi connectivity index (χ4n) is 2.12. The van der Waals surface area contributed by atoms with Gasteiger partial charge in [-0.2, -0.15) is 5.26 Å². The average molecular weight is 369 g/mol. The second-order valence-corrected chi connectivity index (χ2v) is 6.27. The maximum Gasteiger partial charge on any atom is 0.260 e. The molecule has 0 aromatic heterocycles. The topological polar surface area (TPSA) is 82.4 Å². The third-order valence-corrected chi connectivity index (χ3v) is 4.33. The fraction of sp³-hybridized carbons (Fsp3) is 0.211. The van der Waals surface area contributed by atoms with Gasteiger partial charge in [-0.15, -0.1) is 11.8 Å². The summed E-state index contributed by atoms with van der Waals surface area (Å²) in [5, 5.41) is 11.6. The Labute approximate surface area is 156 Å². The van der Waals surface area contributed by atoms with Gasteiger partial charge in [0.15, 0.2) is 6.61 Å². The van der Waals surface area contributed by atoms with Gasteiger partial charge < -0.3 is 15.0 Å². The highest BCUT2D eigenvalue weighted by molar-refractivity contribution is 7.98. The minimum Gasteiger partial charge on any atom is -0.484 e. The number of amides is 2. The van der Waals surface area contributed by atoms with Crippen LogP contribution >= 0.6 is 11.8 Å². The molecule has 0 heterocycles. The van der Waals surface area contributed by atoms with E-state index in [2.05, 4.69) is 5.32 Å². The molecule has 26 heavy (non-hydrogen) atoms. The smallest absolute Gasteiger partial charge is 0.260 e. The molecule has 0 unspecified atom stereocenters. The van der Waals surface area contributed by atoms with Crippen LogP contribution in [0.4, 0.5) is 5.69 Å². The fourth-order valence-corrected chi connectivity index (χ4v) is 2.68. The summed E-state index contributed by atoms with van der Waals surface area (Å²) in [5.74, 6) is -0.104. The third kappa shape index (κ3) is 5.53. The van der Waals surface area contributed by atoms with Gasteiger partial charge in [0.1, 0.15) is 5.75 Å². The number of rotatable bonds is 7. The number of likely N-dealkylation sites (N-methyl/N-ethyl adjacent to an activating group) is 1. The van der Waals surface area contributed by atoms with Crippen molar-refractivity contribution in [3.63, 3.8) is 0 Å². The van der Waals surface area contributed by atoms with Crippen LogP contribution in [0, 0.1) is 11.3 Å². The highest BCUT2D eigenvalue weighted by Crippen LogP contribution is 2.24. The number of ether oxygens (including phenoxy) is 1. The number of hydrogen-bond donors (Lipinski definition) is 1. The van der Waals surface area contributed by atoms with Crippen molar-refractivity contribution in [2.75, 3.05) is 31.8 Å². The molecule has 0 radical (unpaired) electrons. The van der Waals surface area contributed by atoms with E-state index < -0.39 is 0 Å². The van der Waals surface area contributed by atoms with Crippen molar-refractivity contribution < 1.29 is 14.3 Å². The summed E-state index contributed by atoms with van der Waals surface area (Å²) in [6.45, 7) is -0.255. The Hall–Kier alpha value is -2.98. The molecule has 2 aromatic rings. The minimum absolute atomic E-state index is 0.0712. The molecular formula is C19H19N3O3S. The Morgan fingerprint density at radius 2 is 1.88 bits per heavy atom. The first-order valence-electron chi connectivity index (χ1n) is 7.83. The van der Waals surface area contributed by atoms with E-state index >= 15 is 0 Å². The molecule has 0 aliphatic heterocycles. The van der Waals surface area contributed by atoms with Gasteiger partial charge in [-0.1, -0.05) is 12.1 Å². The molecule has 6 nitrogen and oxygen atoms in total. The largest absolute Gasteiger partial charge is 0.484 e. The van der Waals surface area contributed by atoms with Crippen LogP contribution < -0.4 is 10.1 Å². The highest BCUT2D eigenvalue weighted by Gasteiger charge is 2.14. The molecule has 7 heteroatoms. The van der Waals surface area contributed by atoms with Crippen LogP contribution in [0.2, 0.25) is 0 Å².